The second-order valence-electron chi connectivity index (χ2n) is 8.85. The highest BCUT2D eigenvalue weighted by Gasteiger charge is 2.32. The third kappa shape index (κ3) is 8.47. The molecule has 0 aliphatic carbocycles. The Morgan fingerprint density at radius 2 is 2.09 bits per heavy atom. The largest absolute Gasteiger partial charge is 0.462 e. The summed E-state index contributed by atoms with van der Waals surface area (Å²) in [6.07, 6.45) is 7.69. The van der Waals surface area contributed by atoms with Crippen molar-refractivity contribution in [3.8, 4) is 11.8 Å². The van der Waals surface area contributed by atoms with Gasteiger partial charge in [-0.1, -0.05) is 43.9 Å². The molecule has 0 unspecified atom stereocenters. The molecule has 0 amide bonds. The molecule has 0 aromatic carbocycles. The number of aliphatic hydroxyl groups excluding tert-OH is 2. The number of esters is 2. The highest BCUT2D eigenvalue weighted by atomic mass is 16.6. The van der Waals surface area contributed by atoms with Gasteiger partial charge in [-0.05, 0) is 37.3 Å². The normalized spacial score (nSPS) is 33.0. The van der Waals surface area contributed by atoms with Crippen LogP contribution in [0.5, 0.6) is 0 Å². The highest BCUT2D eigenvalue weighted by molar-refractivity contribution is 5.82. The standard InChI is InChI=1S/C26H36O7/c1-17-8-5-6-10-21(28)16-23(19(3)26(31-4)18(2)12-13-27)33-24(29)11-7-9-20-14-22(17)32-25(30)15-20/h5,7-8,11-12,17,19-23,26-28H,9,13-16H2,1-4H3/b8-5+,11-7+,18-12+/t17-,19+,20-,21-,22-,23+,26+/m1/s1. The van der Waals surface area contributed by atoms with E-state index in [-0.39, 0.29) is 42.9 Å². The third-order valence-corrected chi connectivity index (χ3v) is 6.25. The molecule has 33 heavy (non-hydrogen) atoms. The molecule has 7 atom stereocenters. The van der Waals surface area contributed by atoms with Gasteiger partial charge in [0.25, 0.3) is 0 Å². The van der Waals surface area contributed by atoms with Crippen LogP contribution < -0.4 is 0 Å². The molecular weight excluding hydrogens is 424 g/mol. The molecule has 2 N–H and O–H groups in total. The van der Waals surface area contributed by atoms with Crippen LogP contribution in [0.25, 0.3) is 0 Å². The van der Waals surface area contributed by atoms with Gasteiger partial charge in [-0.15, -0.1) is 0 Å². The van der Waals surface area contributed by atoms with Gasteiger partial charge in [-0.25, -0.2) is 4.79 Å². The summed E-state index contributed by atoms with van der Waals surface area (Å²) in [6, 6.07) is 0. The number of allylic oxidation sites excluding steroid dienone is 2. The minimum absolute atomic E-state index is 0.0124. The summed E-state index contributed by atoms with van der Waals surface area (Å²) in [6.45, 7) is 5.55. The van der Waals surface area contributed by atoms with Crippen molar-refractivity contribution >= 4 is 11.9 Å². The number of cyclic esters (lactones) is 1. The number of aliphatic hydroxyl groups is 2. The lowest BCUT2D eigenvalue weighted by molar-refractivity contribution is -0.158. The van der Waals surface area contributed by atoms with E-state index in [4.69, 9.17) is 14.2 Å². The van der Waals surface area contributed by atoms with Gasteiger partial charge in [-0.2, -0.15) is 0 Å². The van der Waals surface area contributed by atoms with E-state index in [0.717, 1.165) is 5.57 Å². The predicted molar refractivity (Wildman–Crippen MR) is 124 cm³/mol. The lowest BCUT2D eigenvalue weighted by Crippen LogP contribution is -2.37. The van der Waals surface area contributed by atoms with Crippen molar-refractivity contribution in [1.82, 2.24) is 0 Å². The fraction of sp³-hybridized carbons (Fsp3) is 0.615. The van der Waals surface area contributed by atoms with Crippen LogP contribution in [-0.2, 0) is 23.8 Å². The number of hydrogen-bond donors (Lipinski definition) is 2. The van der Waals surface area contributed by atoms with Crippen LogP contribution in [0, 0.1) is 29.6 Å². The van der Waals surface area contributed by atoms with E-state index in [2.05, 4.69) is 11.8 Å². The molecular formula is C26H36O7. The van der Waals surface area contributed by atoms with Gasteiger partial charge >= 0.3 is 11.9 Å². The third-order valence-electron chi connectivity index (χ3n) is 6.25. The molecule has 2 rings (SSSR count). The molecule has 2 aliphatic rings. The van der Waals surface area contributed by atoms with E-state index in [0.29, 0.717) is 19.3 Å². The van der Waals surface area contributed by atoms with Gasteiger partial charge in [0.05, 0.1) is 12.7 Å². The summed E-state index contributed by atoms with van der Waals surface area (Å²) < 4.78 is 16.8. The topological polar surface area (TPSA) is 102 Å². The number of hydrogen-bond acceptors (Lipinski definition) is 7. The SMILES string of the molecule is CO[C@@H](/C(C)=C/CO)[C@@H](C)[C@@H]1C[C@H](O)C#C/C=C/[C@@H](C)[C@H]2C[C@@H](C/C=C/C(=O)O1)CC(=O)O2. The van der Waals surface area contributed by atoms with Gasteiger partial charge in [0.15, 0.2) is 0 Å². The fourth-order valence-corrected chi connectivity index (χ4v) is 4.35. The zero-order chi connectivity index (χ0) is 24.4. The molecule has 2 bridgehead atoms. The van der Waals surface area contributed by atoms with E-state index in [9.17, 15) is 19.8 Å². The van der Waals surface area contributed by atoms with Crippen LogP contribution in [0.3, 0.4) is 0 Å². The van der Waals surface area contributed by atoms with Crippen molar-refractivity contribution in [2.24, 2.45) is 17.8 Å². The van der Waals surface area contributed by atoms with E-state index < -0.39 is 24.3 Å². The number of ether oxygens (including phenoxy) is 3. The molecule has 0 aromatic heterocycles. The molecule has 2 heterocycles. The van der Waals surface area contributed by atoms with E-state index in [1.54, 1.807) is 25.3 Å². The molecule has 182 valence electrons. The van der Waals surface area contributed by atoms with Crippen molar-refractivity contribution in [3.63, 3.8) is 0 Å². The second-order valence-corrected chi connectivity index (χ2v) is 8.85. The van der Waals surface area contributed by atoms with Crippen molar-refractivity contribution in [3.05, 3.63) is 36.0 Å². The van der Waals surface area contributed by atoms with Gasteiger partial charge in [0.1, 0.15) is 18.3 Å². The number of carbonyl (C=O) groups is 2. The van der Waals surface area contributed by atoms with Crippen molar-refractivity contribution < 1.29 is 34.0 Å². The molecule has 0 radical (unpaired) electrons. The van der Waals surface area contributed by atoms with Crippen LogP contribution in [0.2, 0.25) is 0 Å². The Bertz CT molecular complexity index is 816. The van der Waals surface area contributed by atoms with E-state index in [1.807, 2.05) is 26.8 Å². The molecule has 7 nitrogen and oxygen atoms in total. The fourth-order valence-electron chi connectivity index (χ4n) is 4.35. The van der Waals surface area contributed by atoms with Crippen LogP contribution in [-0.4, -0.2) is 60.3 Å². The highest BCUT2D eigenvalue weighted by Crippen LogP contribution is 2.29. The first-order valence-corrected chi connectivity index (χ1v) is 11.5. The lowest BCUT2D eigenvalue weighted by atomic mass is 9.87. The summed E-state index contributed by atoms with van der Waals surface area (Å²) in [7, 11) is 1.55. The van der Waals surface area contributed by atoms with Crippen LogP contribution >= 0.6 is 0 Å². The molecule has 0 aromatic rings. The lowest BCUT2D eigenvalue weighted by Gasteiger charge is -2.31. The molecule has 2 aliphatic heterocycles. The smallest absolute Gasteiger partial charge is 0.330 e. The average Bonchev–Trinajstić information content (AvgIpc) is 2.75. The summed E-state index contributed by atoms with van der Waals surface area (Å²) in [4.78, 5) is 24.6. The summed E-state index contributed by atoms with van der Waals surface area (Å²) in [5.74, 6) is 4.63. The maximum atomic E-state index is 12.6. The molecule has 7 heteroatoms. The number of carbonyl (C=O) groups excluding carboxylic acids is 2. The predicted octanol–water partition coefficient (Wildman–Crippen LogP) is 2.72. The van der Waals surface area contributed by atoms with Crippen molar-refractivity contribution in [1.29, 1.82) is 0 Å². The molecule has 0 spiro atoms. The first kappa shape index (κ1) is 26.8. The maximum absolute atomic E-state index is 12.6. The van der Waals surface area contributed by atoms with Gasteiger partial charge < -0.3 is 24.4 Å². The van der Waals surface area contributed by atoms with Crippen LogP contribution in [0.1, 0.15) is 46.5 Å². The quantitative estimate of drug-likeness (QED) is 0.369. The van der Waals surface area contributed by atoms with Gasteiger partial charge in [-0.3, -0.25) is 4.79 Å². The minimum Gasteiger partial charge on any atom is -0.462 e. The monoisotopic (exact) mass is 460 g/mol. The van der Waals surface area contributed by atoms with Gasteiger partial charge in [0, 0.05) is 37.9 Å². The number of methoxy groups -OCH3 is 1. The van der Waals surface area contributed by atoms with E-state index >= 15 is 0 Å². The average molecular weight is 461 g/mol. The molecule has 1 fully saturated rings. The first-order valence-electron chi connectivity index (χ1n) is 11.5. The minimum atomic E-state index is -1.02. The summed E-state index contributed by atoms with van der Waals surface area (Å²) in [5.41, 5.74) is 0.808. The molecule has 1 saturated heterocycles. The van der Waals surface area contributed by atoms with Gasteiger partial charge in [0.2, 0.25) is 0 Å². The van der Waals surface area contributed by atoms with Crippen molar-refractivity contribution in [2.75, 3.05) is 13.7 Å². The van der Waals surface area contributed by atoms with E-state index in [1.165, 1.54) is 6.08 Å². The maximum Gasteiger partial charge on any atom is 0.330 e. The Kier molecular flexibility index (Phi) is 10.9. The zero-order valence-electron chi connectivity index (χ0n) is 19.9. The van der Waals surface area contributed by atoms with Crippen LogP contribution in [0.4, 0.5) is 0 Å². The number of rotatable bonds is 5. The summed E-state index contributed by atoms with van der Waals surface area (Å²) >= 11 is 0. The zero-order valence-corrected chi connectivity index (χ0v) is 19.9. The Morgan fingerprint density at radius 1 is 1.33 bits per heavy atom. The Morgan fingerprint density at radius 3 is 2.79 bits per heavy atom. The second kappa shape index (κ2) is 13.3. The molecule has 0 saturated carbocycles. The summed E-state index contributed by atoms with van der Waals surface area (Å²) in [5, 5.41) is 19.7. The van der Waals surface area contributed by atoms with Crippen LogP contribution in [0.15, 0.2) is 36.0 Å². The number of fused-ring (bicyclic) bond motifs is 2. The van der Waals surface area contributed by atoms with Crippen molar-refractivity contribution in [2.45, 2.75) is 70.9 Å². The Hall–Kier alpha value is -2.40. The first-order chi connectivity index (χ1) is 15.7. The Labute approximate surface area is 196 Å². The Balaban J connectivity index is 2.28.